The smallest absolute Gasteiger partial charge is 0.306 e. The van der Waals surface area contributed by atoms with Gasteiger partial charge in [0.2, 0.25) is 0 Å². The predicted molar refractivity (Wildman–Crippen MR) is 105 cm³/mol. The van der Waals surface area contributed by atoms with E-state index in [-0.39, 0.29) is 23.1 Å². The first-order chi connectivity index (χ1) is 12.8. The molecule has 5 fully saturated rings. The summed E-state index contributed by atoms with van der Waals surface area (Å²) in [4.78, 5) is 12.3. The molecule has 3 heteroatoms. The lowest BCUT2D eigenvalue weighted by Crippen LogP contribution is -2.60. The molecule has 0 radical (unpaired) electrons. The van der Waals surface area contributed by atoms with Gasteiger partial charge in [0, 0.05) is 11.8 Å². The lowest BCUT2D eigenvalue weighted by Gasteiger charge is -2.62. The third-order valence-corrected chi connectivity index (χ3v) is 10.7. The van der Waals surface area contributed by atoms with Gasteiger partial charge in [0.15, 0.2) is 0 Å². The Morgan fingerprint density at radius 1 is 0.963 bits per heavy atom. The quantitative estimate of drug-likeness (QED) is 0.600. The number of aliphatic hydroxyl groups excluding tert-OH is 1. The van der Waals surface area contributed by atoms with Gasteiger partial charge in [-0.25, -0.2) is 0 Å². The van der Waals surface area contributed by atoms with Crippen molar-refractivity contribution in [2.45, 2.75) is 103 Å². The Bertz CT molecular complexity index is 631. The number of hydrogen-bond donors (Lipinski definition) is 1. The van der Waals surface area contributed by atoms with Gasteiger partial charge in [-0.3, -0.25) is 4.79 Å². The lowest BCUT2D eigenvalue weighted by atomic mass is 9.44. The molecule has 0 aromatic heterocycles. The largest absolute Gasteiger partial charge is 0.458 e. The monoisotopic (exact) mass is 374 g/mol. The summed E-state index contributed by atoms with van der Waals surface area (Å²) in [5.74, 6) is 3.59. The normalized spacial score (nSPS) is 57.6. The first kappa shape index (κ1) is 18.5. The Morgan fingerprint density at radius 3 is 2.56 bits per heavy atom. The molecule has 1 N–H and O–H groups in total. The van der Waals surface area contributed by atoms with Crippen LogP contribution in [0.25, 0.3) is 0 Å². The predicted octanol–water partition coefficient (Wildman–Crippen LogP) is 5.10. The van der Waals surface area contributed by atoms with Crippen LogP contribution in [0.4, 0.5) is 0 Å². The van der Waals surface area contributed by atoms with Crippen molar-refractivity contribution in [2.75, 3.05) is 0 Å². The van der Waals surface area contributed by atoms with Gasteiger partial charge >= 0.3 is 5.97 Å². The van der Waals surface area contributed by atoms with Crippen LogP contribution in [-0.4, -0.2) is 22.8 Å². The number of rotatable bonds is 0. The first-order valence-corrected chi connectivity index (χ1v) is 11.7. The number of carbonyl (C=O) groups is 1. The molecule has 1 spiro atoms. The first-order valence-electron chi connectivity index (χ1n) is 11.7. The van der Waals surface area contributed by atoms with Gasteiger partial charge in [0.25, 0.3) is 0 Å². The van der Waals surface area contributed by atoms with Crippen LogP contribution in [0.3, 0.4) is 0 Å². The Balaban J connectivity index is 1.46. The number of fused-ring (bicyclic) bond motifs is 6. The Morgan fingerprint density at radius 2 is 1.74 bits per heavy atom. The molecule has 1 heterocycles. The van der Waals surface area contributed by atoms with Crippen molar-refractivity contribution in [3.63, 3.8) is 0 Å². The van der Waals surface area contributed by atoms with Gasteiger partial charge in [-0.1, -0.05) is 20.8 Å². The summed E-state index contributed by atoms with van der Waals surface area (Å²) in [5, 5.41) is 10.2. The number of hydrogen-bond acceptors (Lipinski definition) is 3. The zero-order chi connectivity index (χ0) is 19.0. The van der Waals surface area contributed by atoms with Crippen molar-refractivity contribution in [1.82, 2.24) is 0 Å². The fraction of sp³-hybridized carbons (Fsp3) is 0.958. The number of ether oxygens (including phenoxy) is 1. The summed E-state index contributed by atoms with van der Waals surface area (Å²) in [6, 6.07) is 0. The van der Waals surface area contributed by atoms with Crippen LogP contribution in [0.1, 0.15) is 91.4 Å². The van der Waals surface area contributed by atoms with Crippen LogP contribution in [0, 0.1) is 40.4 Å². The van der Waals surface area contributed by atoms with E-state index in [0.717, 1.165) is 37.5 Å². The maximum absolute atomic E-state index is 12.3. The molecule has 0 amide bonds. The van der Waals surface area contributed by atoms with Gasteiger partial charge in [-0.05, 0) is 99.2 Å². The van der Waals surface area contributed by atoms with E-state index in [1.54, 1.807) is 0 Å². The highest BCUT2D eigenvalue weighted by Gasteiger charge is 2.68. The van der Waals surface area contributed by atoms with Gasteiger partial charge in [-0.15, -0.1) is 0 Å². The number of aliphatic hydroxyl groups is 1. The molecule has 3 nitrogen and oxygen atoms in total. The molecule has 0 aromatic carbocycles. The molecular weight excluding hydrogens is 336 g/mol. The van der Waals surface area contributed by atoms with Crippen molar-refractivity contribution in [3.05, 3.63) is 0 Å². The molecule has 3 unspecified atom stereocenters. The standard InChI is InChI=1S/C24H38O3/c1-15-4-7-21(26)27-24(15)13-10-20-18-6-5-16-14-17(25)8-11-22(16,2)19(18)9-12-23(20,24)3/h15-20,25H,4-14H2,1-3H3/t15-,16+,17+,18?,19?,20?,22+,23+,24+/m1/s1. The van der Waals surface area contributed by atoms with Gasteiger partial charge in [0.05, 0.1) is 6.10 Å². The molecule has 9 atom stereocenters. The second-order valence-electron chi connectivity index (χ2n) is 11.4. The minimum Gasteiger partial charge on any atom is -0.458 e. The SMILES string of the molecule is C[C@@H]1CCC(=O)O[C@@]12CCC1C3CC[C@H]4C[C@@H](O)CC[C@]4(C)C3CC[C@@]12C. The summed E-state index contributed by atoms with van der Waals surface area (Å²) in [6.45, 7) is 7.37. The molecule has 5 rings (SSSR count). The summed E-state index contributed by atoms with van der Waals surface area (Å²) in [5.41, 5.74) is 0.396. The fourth-order valence-corrected chi connectivity index (χ4v) is 9.17. The highest BCUT2D eigenvalue weighted by Crippen LogP contribution is 2.70. The highest BCUT2D eigenvalue weighted by molar-refractivity contribution is 5.71. The minimum absolute atomic E-state index is 0.0500. The van der Waals surface area contributed by atoms with Crippen molar-refractivity contribution < 1.29 is 14.6 Å². The zero-order valence-corrected chi connectivity index (χ0v) is 17.5. The summed E-state index contributed by atoms with van der Waals surface area (Å²) < 4.78 is 6.27. The van der Waals surface area contributed by atoms with E-state index >= 15 is 0 Å². The Kier molecular flexibility index (Phi) is 4.08. The third-order valence-electron chi connectivity index (χ3n) is 10.7. The minimum atomic E-state index is -0.196. The van der Waals surface area contributed by atoms with Crippen molar-refractivity contribution >= 4 is 5.97 Å². The lowest BCUT2D eigenvalue weighted by molar-refractivity contribution is -0.213. The molecule has 1 aliphatic heterocycles. The van der Waals surface area contributed by atoms with Crippen LogP contribution < -0.4 is 0 Å². The second kappa shape index (κ2) is 5.97. The molecular formula is C24H38O3. The topological polar surface area (TPSA) is 46.5 Å². The van der Waals surface area contributed by atoms with E-state index in [4.69, 9.17) is 4.74 Å². The maximum atomic E-state index is 12.3. The summed E-state index contributed by atoms with van der Waals surface area (Å²) in [6.07, 6.45) is 12.3. The Labute approximate surface area is 164 Å². The molecule has 4 aliphatic carbocycles. The molecule has 4 saturated carbocycles. The van der Waals surface area contributed by atoms with Crippen LogP contribution >= 0.6 is 0 Å². The third kappa shape index (κ3) is 2.33. The number of esters is 1. The molecule has 27 heavy (non-hydrogen) atoms. The van der Waals surface area contributed by atoms with Gasteiger partial charge in [0.1, 0.15) is 5.60 Å². The van der Waals surface area contributed by atoms with Gasteiger partial charge < -0.3 is 9.84 Å². The molecule has 5 aliphatic rings. The van der Waals surface area contributed by atoms with Crippen molar-refractivity contribution in [2.24, 2.45) is 40.4 Å². The van der Waals surface area contributed by atoms with Crippen LogP contribution in [0.5, 0.6) is 0 Å². The van der Waals surface area contributed by atoms with Crippen molar-refractivity contribution in [1.29, 1.82) is 0 Å². The summed E-state index contributed by atoms with van der Waals surface area (Å²) in [7, 11) is 0. The highest BCUT2D eigenvalue weighted by atomic mass is 16.6. The van der Waals surface area contributed by atoms with Gasteiger partial charge in [-0.2, -0.15) is 0 Å². The molecule has 1 saturated heterocycles. The molecule has 0 aromatic rings. The Hall–Kier alpha value is -0.570. The fourth-order valence-electron chi connectivity index (χ4n) is 9.17. The van der Waals surface area contributed by atoms with E-state index < -0.39 is 0 Å². The van der Waals surface area contributed by atoms with Crippen LogP contribution in [0.2, 0.25) is 0 Å². The van der Waals surface area contributed by atoms with Crippen LogP contribution in [0.15, 0.2) is 0 Å². The van der Waals surface area contributed by atoms with E-state index in [9.17, 15) is 9.90 Å². The van der Waals surface area contributed by atoms with E-state index in [2.05, 4.69) is 20.8 Å². The number of carbonyl (C=O) groups excluding carboxylic acids is 1. The summed E-state index contributed by atoms with van der Waals surface area (Å²) >= 11 is 0. The van der Waals surface area contributed by atoms with E-state index in [1.807, 2.05) is 0 Å². The second-order valence-corrected chi connectivity index (χ2v) is 11.4. The van der Waals surface area contributed by atoms with E-state index in [1.165, 1.54) is 38.5 Å². The van der Waals surface area contributed by atoms with Crippen LogP contribution in [-0.2, 0) is 9.53 Å². The average molecular weight is 375 g/mol. The van der Waals surface area contributed by atoms with Crippen molar-refractivity contribution in [3.8, 4) is 0 Å². The average Bonchev–Trinajstić information content (AvgIpc) is 2.92. The molecule has 0 bridgehead atoms. The zero-order valence-electron chi connectivity index (χ0n) is 17.5. The van der Waals surface area contributed by atoms with E-state index in [0.29, 0.717) is 29.6 Å². The molecule has 152 valence electrons. The maximum Gasteiger partial charge on any atom is 0.306 e.